The number of rotatable bonds is 6. The molecule has 5 nitrogen and oxygen atoms in total. The van der Waals surface area contributed by atoms with E-state index in [-0.39, 0.29) is 12.0 Å². The molecule has 0 aliphatic carbocycles. The molecular formula is C23H28N2O3S. The highest BCUT2D eigenvalue weighted by Gasteiger charge is 2.44. The molecular weight excluding hydrogens is 384 g/mol. The van der Waals surface area contributed by atoms with Gasteiger partial charge in [-0.1, -0.05) is 30.3 Å². The van der Waals surface area contributed by atoms with E-state index in [4.69, 9.17) is 4.74 Å². The van der Waals surface area contributed by atoms with Gasteiger partial charge in [0.25, 0.3) is 0 Å². The van der Waals surface area contributed by atoms with Gasteiger partial charge in [0, 0.05) is 23.7 Å². The number of anilines is 1. The first-order valence-electron chi connectivity index (χ1n) is 9.97. The number of hydrogen-bond acceptors (Lipinski definition) is 4. The van der Waals surface area contributed by atoms with Crippen molar-refractivity contribution in [3.63, 3.8) is 0 Å². The Morgan fingerprint density at radius 2 is 1.86 bits per heavy atom. The monoisotopic (exact) mass is 412 g/mol. The molecule has 29 heavy (non-hydrogen) atoms. The molecule has 1 aliphatic heterocycles. The van der Waals surface area contributed by atoms with Crippen LogP contribution in [0.15, 0.2) is 59.5 Å². The maximum Gasteiger partial charge on any atom is 0.321 e. The fraction of sp³-hybridized carbons (Fsp3) is 0.391. The molecule has 0 bridgehead atoms. The van der Waals surface area contributed by atoms with Gasteiger partial charge in [-0.15, -0.1) is 11.8 Å². The van der Waals surface area contributed by atoms with Gasteiger partial charge < -0.3 is 15.0 Å². The Morgan fingerprint density at radius 3 is 2.52 bits per heavy atom. The zero-order valence-electron chi connectivity index (χ0n) is 17.0. The van der Waals surface area contributed by atoms with Crippen molar-refractivity contribution in [1.82, 2.24) is 4.90 Å². The van der Waals surface area contributed by atoms with Gasteiger partial charge in [-0.3, -0.25) is 4.79 Å². The smallest absolute Gasteiger partial charge is 0.321 e. The first-order chi connectivity index (χ1) is 14.1. The van der Waals surface area contributed by atoms with Crippen LogP contribution in [-0.2, 0) is 16.0 Å². The van der Waals surface area contributed by atoms with Crippen molar-refractivity contribution >= 4 is 29.4 Å². The molecule has 0 spiro atoms. The highest BCUT2D eigenvalue weighted by Crippen LogP contribution is 2.35. The van der Waals surface area contributed by atoms with Crippen molar-refractivity contribution in [2.75, 3.05) is 31.3 Å². The Hall–Kier alpha value is -2.47. The summed E-state index contributed by atoms with van der Waals surface area (Å²) in [6.07, 6.45) is 4.07. The van der Waals surface area contributed by atoms with Crippen LogP contribution in [0.5, 0.6) is 0 Å². The molecule has 154 valence electrons. The summed E-state index contributed by atoms with van der Waals surface area (Å²) in [5.41, 5.74) is 1.12. The zero-order valence-corrected chi connectivity index (χ0v) is 17.8. The van der Waals surface area contributed by atoms with Gasteiger partial charge in [-0.25, -0.2) is 4.79 Å². The minimum Gasteiger partial charge on any atom is -0.466 e. The first-order valence-corrected chi connectivity index (χ1v) is 11.2. The Kier molecular flexibility index (Phi) is 7.20. The van der Waals surface area contributed by atoms with E-state index >= 15 is 0 Å². The molecule has 6 heteroatoms. The molecule has 2 aromatic carbocycles. The van der Waals surface area contributed by atoms with Crippen molar-refractivity contribution in [1.29, 1.82) is 0 Å². The molecule has 0 unspecified atom stereocenters. The Balaban J connectivity index is 1.76. The average molecular weight is 413 g/mol. The van der Waals surface area contributed by atoms with Gasteiger partial charge in [0.15, 0.2) is 0 Å². The highest BCUT2D eigenvalue weighted by molar-refractivity contribution is 7.98. The second-order valence-electron chi connectivity index (χ2n) is 7.35. The number of carbonyl (C=O) groups is 2. The molecule has 0 aromatic heterocycles. The zero-order chi connectivity index (χ0) is 20.7. The molecule has 0 radical (unpaired) electrons. The topological polar surface area (TPSA) is 58.6 Å². The van der Waals surface area contributed by atoms with E-state index < -0.39 is 5.41 Å². The quantitative estimate of drug-likeness (QED) is 0.545. The van der Waals surface area contributed by atoms with Crippen molar-refractivity contribution in [3.05, 3.63) is 60.2 Å². The molecule has 1 N–H and O–H groups in total. The summed E-state index contributed by atoms with van der Waals surface area (Å²) in [4.78, 5) is 28.7. The maximum absolute atomic E-state index is 12.9. The van der Waals surface area contributed by atoms with Crippen molar-refractivity contribution in [2.45, 2.75) is 31.1 Å². The molecule has 1 aliphatic rings. The summed E-state index contributed by atoms with van der Waals surface area (Å²) >= 11 is 1.66. The van der Waals surface area contributed by atoms with Crippen molar-refractivity contribution in [3.8, 4) is 0 Å². The third kappa shape index (κ3) is 5.32. The summed E-state index contributed by atoms with van der Waals surface area (Å²) < 4.78 is 5.43. The van der Waals surface area contributed by atoms with Crippen LogP contribution in [-0.4, -0.2) is 42.9 Å². The van der Waals surface area contributed by atoms with Crippen molar-refractivity contribution in [2.24, 2.45) is 5.41 Å². The number of thioether (sulfide) groups is 1. The van der Waals surface area contributed by atoms with Crippen LogP contribution in [0.25, 0.3) is 0 Å². The number of piperidine rings is 1. The largest absolute Gasteiger partial charge is 0.466 e. The van der Waals surface area contributed by atoms with E-state index in [1.807, 2.05) is 67.8 Å². The summed E-state index contributed by atoms with van der Waals surface area (Å²) in [5, 5.41) is 2.96. The molecule has 1 atom stereocenters. The fourth-order valence-electron chi connectivity index (χ4n) is 3.84. The Labute approximate surface area is 176 Å². The van der Waals surface area contributed by atoms with Gasteiger partial charge >= 0.3 is 12.0 Å². The summed E-state index contributed by atoms with van der Waals surface area (Å²) in [7, 11) is 0. The van der Waals surface area contributed by atoms with Gasteiger partial charge in [-0.2, -0.15) is 0 Å². The lowest BCUT2D eigenvalue weighted by Crippen LogP contribution is -2.52. The normalized spacial score (nSPS) is 18.9. The first kappa shape index (κ1) is 21.2. The number of likely N-dealkylation sites (tertiary alicyclic amines) is 1. The van der Waals surface area contributed by atoms with Gasteiger partial charge in [0.2, 0.25) is 0 Å². The lowest BCUT2D eigenvalue weighted by molar-refractivity contribution is -0.158. The minimum absolute atomic E-state index is 0.177. The molecule has 3 rings (SSSR count). The molecule has 2 aromatic rings. The molecule has 0 saturated carbocycles. The number of hydrogen-bond donors (Lipinski definition) is 1. The summed E-state index contributed by atoms with van der Waals surface area (Å²) in [6, 6.07) is 17.5. The van der Waals surface area contributed by atoms with E-state index in [1.165, 1.54) is 0 Å². The summed E-state index contributed by atoms with van der Waals surface area (Å²) in [6.45, 7) is 3.14. The van der Waals surface area contributed by atoms with E-state index in [1.54, 1.807) is 16.7 Å². The predicted molar refractivity (Wildman–Crippen MR) is 117 cm³/mol. The van der Waals surface area contributed by atoms with Crippen LogP contribution in [0.2, 0.25) is 0 Å². The predicted octanol–water partition coefficient (Wildman–Crippen LogP) is 4.83. The van der Waals surface area contributed by atoms with Crippen LogP contribution in [0.4, 0.5) is 10.5 Å². The number of benzene rings is 2. The number of esters is 1. The molecule has 2 amide bonds. The average Bonchev–Trinajstić information content (AvgIpc) is 2.75. The van der Waals surface area contributed by atoms with Crippen molar-refractivity contribution < 1.29 is 14.3 Å². The van der Waals surface area contributed by atoms with Gasteiger partial charge in [-0.05, 0) is 62.3 Å². The van der Waals surface area contributed by atoms with Crippen LogP contribution in [0.1, 0.15) is 25.3 Å². The van der Waals surface area contributed by atoms with E-state index in [9.17, 15) is 9.59 Å². The molecule has 1 heterocycles. The second-order valence-corrected chi connectivity index (χ2v) is 8.23. The highest BCUT2D eigenvalue weighted by atomic mass is 32.2. The lowest BCUT2D eigenvalue weighted by atomic mass is 9.75. The van der Waals surface area contributed by atoms with Crippen LogP contribution in [0, 0.1) is 5.41 Å². The number of nitrogens with one attached hydrogen (secondary N) is 1. The fourth-order valence-corrected chi connectivity index (χ4v) is 4.24. The number of ether oxygens (including phenoxy) is 1. The Morgan fingerprint density at radius 1 is 1.14 bits per heavy atom. The molecule has 1 fully saturated rings. The van der Waals surface area contributed by atoms with Crippen LogP contribution in [0.3, 0.4) is 0 Å². The maximum atomic E-state index is 12.9. The van der Waals surface area contributed by atoms with E-state index in [0.717, 1.165) is 22.6 Å². The van der Waals surface area contributed by atoms with Gasteiger partial charge in [0.1, 0.15) is 0 Å². The number of carbonyl (C=O) groups excluding carboxylic acids is 2. The van der Waals surface area contributed by atoms with E-state index in [0.29, 0.717) is 32.5 Å². The number of nitrogens with zero attached hydrogens (tertiary/aromatic N) is 1. The standard InChI is InChI=1S/C23H28N2O3S/c1-3-28-21(26)23(16-18-8-5-4-6-9-18)14-7-15-25(17-23)22(27)24-19-10-12-20(29-2)13-11-19/h4-6,8-13H,3,7,14-17H2,1-2H3,(H,24,27)/t23-/m0/s1. The second kappa shape index (κ2) is 9.83. The SMILES string of the molecule is CCOC(=O)[C@]1(Cc2ccccc2)CCCN(C(=O)Nc2ccc(SC)cc2)C1. The minimum atomic E-state index is -0.713. The lowest BCUT2D eigenvalue weighted by Gasteiger charge is -2.41. The Bertz CT molecular complexity index is 826. The number of amides is 2. The van der Waals surface area contributed by atoms with Crippen LogP contribution < -0.4 is 5.32 Å². The van der Waals surface area contributed by atoms with Gasteiger partial charge in [0.05, 0.1) is 12.0 Å². The van der Waals surface area contributed by atoms with E-state index in [2.05, 4.69) is 5.32 Å². The molecule has 1 saturated heterocycles. The summed E-state index contributed by atoms with van der Waals surface area (Å²) in [5.74, 6) is -0.217. The number of urea groups is 1. The third-order valence-electron chi connectivity index (χ3n) is 5.30. The third-order valence-corrected chi connectivity index (χ3v) is 6.04. The van der Waals surface area contributed by atoms with Crippen LogP contribution >= 0.6 is 11.8 Å².